The van der Waals surface area contributed by atoms with Crippen molar-refractivity contribution in [2.24, 2.45) is 0 Å². The summed E-state index contributed by atoms with van der Waals surface area (Å²) >= 11 is 6.41. The standard InChI is InChI=1S/C32H30ClFN4O/c1-2-29(39)19-24-18-23(12-13-30(24)33)31-25(16-22-8-6-9-26(34)17-22)21-35-32(37-31)36-27-10-7-11-28(20-27)38-14-4-3-5-15-38/h2,6-13,17-18,20-21H,1,3-5,14-16,19H2,(H,35,36,37). The molecule has 1 aliphatic rings. The van der Waals surface area contributed by atoms with Crippen LogP contribution in [0.15, 0.2) is 85.6 Å². The largest absolute Gasteiger partial charge is 0.371 e. The second kappa shape index (κ2) is 12.2. The van der Waals surface area contributed by atoms with E-state index in [1.807, 2.05) is 30.3 Å². The van der Waals surface area contributed by atoms with Crippen molar-refractivity contribution in [3.63, 3.8) is 0 Å². The van der Waals surface area contributed by atoms with Crippen LogP contribution < -0.4 is 10.2 Å². The van der Waals surface area contributed by atoms with E-state index in [0.29, 0.717) is 28.6 Å². The predicted molar refractivity (Wildman–Crippen MR) is 156 cm³/mol. The molecule has 198 valence electrons. The SMILES string of the molecule is C=CC(=O)Cc1cc(-c2nc(Nc3cccc(N4CCCCC4)c3)ncc2Cc2cccc(F)c2)ccc1Cl. The summed E-state index contributed by atoms with van der Waals surface area (Å²) in [6, 6.07) is 20.3. The highest BCUT2D eigenvalue weighted by molar-refractivity contribution is 6.31. The zero-order valence-corrected chi connectivity index (χ0v) is 22.4. The summed E-state index contributed by atoms with van der Waals surface area (Å²) in [5, 5.41) is 3.86. The van der Waals surface area contributed by atoms with E-state index in [4.69, 9.17) is 16.6 Å². The number of benzene rings is 3. The summed E-state index contributed by atoms with van der Waals surface area (Å²) in [7, 11) is 0. The van der Waals surface area contributed by atoms with Crippen molar-refractivity contribution in [2.45, 2.75) is 32.1 Å². The van der Waals surface area contributed by atoms with Crippen LogP contribution in [0.4, 0.5) is 21.7 Å². The second-order valence-electron chi connectivity index (χ2n) is 9.75. The van der Waals surface area contributed by atoms with Gasteiger partial charge in [-0.2, -0.15) is 0 Å². The molecule has 0 saturated carbocycles. The average molecular weight is 541 g/mol. The van der Waals surface area contributed by atoms with E-state index in [9.17, 15) is 9.18 Å². The highest BCUT2D eigenvalue weighted by Gasteiger charge is 2.15. The number of aromatic nitrogens is 2. The van der Waals surface area contributed by atoms with Crippen LogP contribution in [0.5, 0.6) is 0 Å². The second-order valence-corrected chi connectivity index (χ2v) is 10.2. The Bertz CT molecular complexity index is 1500. The Labute approximate surface area is 233 Å². The number of piperidine rings is 1. The molecule has 1 aliphatic heterocycles. The lowest BCUT2D eigenvalue weighted by atomic mass is 9.98. The van der Waals surface area contributed by atoms with Crippen molar-refractivity contribution >= 4 is 34.7 Å². The summed E-state index contributed by atoms with van der Waals surface area (Å²) in [6.45, 7) is 5.69. The summed E-state index contributed by atoms with van der Waals surface area (Å²) in [5.41, 5.74) is 5.89. The van der Waals surface area contributed by atoms with Crippen LogP contribution in [0.1, 0.15) is 36.0 Å². The number of allylic oxidation sites excluding steroid dienone is 1. The van der Waals surface area contributed by atoms with Gasteiger partial charge in [-0.1, -0.05) is 42.4 Å². The Morgan fingerprint density at radius 2 is 1.85 bits per heavy atom. The number of halogens is 2. The Morgan fingerprint density at radius 1 is 1.03 bits per heavy atom. The third kappa shape index (κ3) is 6.70. The van der Waals surface area contributed by atoms with Crippen molar-refractivity contribution in [1.29, 1.82) is 0 Å². The fourth-order valence-corrected chi connectivity index (χ4v) is 5.08. The zero-order valence-electron chi connectivity index (χ0n) is 21.7. The minimum absolute atomic E-state index is 0.118. The highest BCUT2D eigenvalue weighted by Crippen LogP contribution is 2.30. The summed E-state index contributed by atoms with van der Waals surface area (Å²) in [6.07, 6.45) is 7.35. The molecular weight excluding hydrogens is 511 g/mol. The van der Waals surface area contributed by atoms with Gasteiger partial charge in [0.1, 0.15) is 5.82 Å². The number of carbonyl (C=O) groups is 1. The number of hydrogen-bond acceptors (Lipinski definition) is 5. The fourth-order valence-electron chi connectivity index (χ4n) is 4.89. The lowest BCUT2D eigenvalue weighted by molar-refractivity contribution is -0.114. The molecule has 1 N–H and O–H groups in total. The molecule has 3 aromatic carbocycles. The molecule has 0 spiro atoms. The molecule has 0 bridgehead atoms. The number of hydrogen-bond donors (Lipinski definition) is 1. The molecule has 0 unspecified atom stereocenters. The van der Waals surface area contributed by atoms with E-state index < -0.39 is 0 Å². The molecule has 1 saturated heterocycles. The minimum atomic E-state index is -0.293. The maximum absolute atomic E-state index is 13.9. The monoisotopic (exact) mass is 540 g/mol. The molecule has 39 heavy (non-hydrogen) atoms. The summed E-state index contributed by atoms with van der Waals surface area (Å²) in [5.74, 6) is 0.0358. The van der Waals surface area contributed by atoms with Crippen molar-refractivity contribution in [1.82, 2.24) is 9.97 Å². The van der Waals surface area contributed by atoms with Gasteiger partial charge in [0.15, 0.2) is 5.78 Å². The molecule has 0 amide bonds. The van der Waals surface area contributed by atoms with Crippen LogP contribution in [-0.4, -0.2) is 28.8 Å². The van der Waals surface area contributed by atoms with Gasteiger partial charge in [0.05, 0.1) is 5.69 Å². The van der Waals surface area contributed by atoms with Gasteiger partial charge < -0.3 is 10.2 Å². The number of nitrogens with zero attached hydrogens (tertiary/aromatic N) is 3. The molecule has 5 nitrogen and oxygen atoms in total. The van der Waals surface area contributed by atoms with E-state index in [1.165, 1.54) is 43.2 Å². The van der Waals surface area contributed by atoms with E-state index in [-0.39, 0.29) is 18.0 Å². The molecular formula is C32H30ClFN4O. The van der Waals surface area contributed by atoms with Gasteiger partial charge in [0.2, 0.25) is 5.95 Å². The molecule has 0 atom stereocenters. The molecule has 1 fully saturated rings. The third-order valence-electron chi connectivity index (χ3n) is 6.88. The Morgan fingerprint density at radius 3 is 2.64 bits per heavy atom. The van der Waals surface area contributed by atoms with Crippen LogP contribution in [0.2, 0.25) is 5.02 Å². The maximum atomic E-state index is 13.9. The first kappa shape index (κ1) is 26.6. The molecule has 2 heterocycles. The molecule has 7 heteroatoms. The molecule has 0 aliphatic carbocycles. The maximum Gasteiger partial charge on any atom is 0.227 e. The van der Waals surface area contributed by atoms with Gasteiger partial charge in [-0.15, -0.1) is 0 Å². The number of ketones is 1. The van der Waals surface area contributed by atoms with E-state index in [0.717, 1.165) is 35.5 Å². The number of rotatable bonds is 9. The van der Waals surface area contributed by atoms with E-state index >= 15 is 0 Å². The first-order chi connectivity index (χ1) is 19.0. The number of carbonyl (C=O) groups excluding carboxylic acids is 1. The number of anilines is 3. The van der Waals surface area contributed by atoms with Gasteiger partial charge >= 0.3 is 0 Å². The summed E-state index contributed by atoms with van der Waals surface area (Å²) < 4.78 is 13.9. The van der Waals surface area contributed by atoms with Crippen molar-refractivity contribution in [3.05, 3.63) is 113 Å². The number of nitrogens with one attached hydrogen (secondary N) is 1. The molecule has 4 aromatic rings. The van der Waals surface area contributed by atoms with Gasteiger partial charge in [0.25, 0.3) is 0 Å². The quantitative estimate of drug-likeness (QED) is 0.222. The van der Waals surface area contributed by atoms with Crippen molar-refractivity contribution < 1.29 is 9.18 Å². The van der Waals surface area contributed by atoms with Crippen LogP contribution in [0, 0.1) is 5.82 Å². The van der Waals surface area contributed by atoms with Crippen molar-refractivity contribution in [2.75, 3.05) is 23.3 Å². The highest BCUT2D eigenvalue weighted by atomic mass is 35.5. The van der Waals surface area contributed by atoms with Crippen LogP contribution in [0.3, 0.4) is 0 Å². The van der Waals surface area contributed by atoms with Crippen LogP contribution in [-0.2, 0) is 17.6 Å². The fraction of sp³-hybridized carbons (Fsp3) is 0.219. The summed E-state index contributed by atoms with van der Waals surface area (Å²) in [4.78, 5) is 24.0. The topological polar surface area (TPSA) is 58.1 Å². The minimum Gasteiger partial charge on any atom is -0.371 e. The average Bonchev–Trinajstić information content (AvgIpc) is 2.95. The van der Waals surface area contributed by atoms with Crippen molar-refractivity contribution in [3.8, 4) is 11.3 Å². The van der Waals surface area contributed by atoms with Crippen LogP contribution in [0.25, 0.3) is 11.3 Å². The Kier molecular flexibility index (Phi) is 8.33. The smallest absolute Gasteiger partial charge is 0.227 e. The zero-order chi connectivity index (χ0) is 27.2. The molecule has 0 radical (unpaired) electrons. The first-order valence-electron chi connectivity index (χ1n) is 13.1. The Hall–Kier alpha value is -4.03. The van der Waals surface area contributed by atoms with Gasteiger partial charge in [-0.05, 0) is 78.9 Å². The first-order valence-corrected chi connectivity index (χ1v) is 13.5. The normalized spacial score (nSPS) is 13.2. The van der Waals surface area contributed by atoms with E-state index in [2.05, 4.69) is 33.9 Å². The van der Waals surface area contributed by atoms with Crippen LogP contribution >= 0.6 is 11.6 Å². The third-order valence-corrected chi connectivity index (χ3v) is 7.25. The van der Waals surface area contributed by atoms with Gasteiger partial charge in [-0.25, -0.2) is 14.4 Å². The lowest BCUT2D eigenvalue weighted by Crippen LogP contribution is -2.29. The predicted octanol–water partition coefficient (Wildman–Crippen LogP) is 7.56. The van der Waals surface area contributed by atoms with Gasteiger partial charge in [0, 0.05) is 59.7 Å². The molecule has 5 rings (SSSR count). The Balaban J connectivity index is 1.50. The lowest BCUT2D eigenvalue weighted by Gasteiger charge is -2.29. The van der Waals surface area contributed by atoms with E-state index in [1.54, 1.807) is 18.3 Å². The van der Waals surface area contributed by atoms with Gasteiger partial charge in [-0.3, -0.25) is 4.79 Å². The molecule has 1 aromatic heterocycles.